The molecule has 0 aromatic heterocycles. The van der Waals surface area contributed by atoms with Gasteiger partial charge in [-0.2, -0.15) is 4.58 Å². The molecule has 2 aliphatic heterocycles. The van der Waals surface area contributed by atoms with Gasteiger partial charge in [0.05, 0.1) is 5.41 Å². The summed E-state index contributed by atoms with van der Waals surface area (Å²) in [6, 6.07) is 21.9. The number of benzene rings is 3. The fraction of sp³-hybridized carbons (Fsp3) is 0.357. The molecule has 46 heavy (non-hydrogen) atoms. The molecule has 0 N–H and O–H groups in total. The van der Waals surface area contributed by atoms with E-state index in [-0.39, 0.29) is 10.8 Å². The Balaban J connectivity index is 1.50. The molecule has 0 atom stereocenters. The number of allylic oxidation sites excluding steroid dienone is 8. The number of anilines is 1. The highest BCUT2D eigenvalue weighted by molar-refractivity contribution is 6.03. The van der Waals surface area contributed by atoms with Gasteiger partial charge in [0.25, 0.3) is 0 Å². The standard InChI is InChI=1S/C42H47F2N2/c1-7-27-45-35-21-11-9-18-32(35)41(3,4)37(45)25-23-29-15-13-16-30(39(29)31-17-14-20-34(43)40(31)44)24-26-38-42(5,6)33-19-10-12-22-36(33)46(38)28-8-2/h9-12,14,17-26H,7-8,13,15-16,27-28H2,1-6H3/q+1. The molecule has 2 heterocycles. The lowest BCUT2D eigenvalue weighted by atomic mass is 9.79. The molecule has 3 aliphatic rings. The predicted molar refractivity (Wildman–Crippen MR) is 189 cm³/mol. The molecule has 238 valence electrons. The summed E-state index contributed by atoms with van der Waals surface area (Å²) in [6.07, 6.45) is 13.5. The largest absolute Gasteiger partial charge is 0.344 e. The molecule has 0 radical (unpaired) electrons. The van der Waals surface area contributed by atoms with Crippen LogP contribution in [-0.2, 0) is 10.8 Å². The molecular formula is C42H47F2N2+. The Bertz CT molecular complexity index is 1810. The van der Waals surface area contributed by atoms with Crippen LogP contribution < -0.4 is 4.90 Å². The van der Waals surface area contributed by atoms with Crippen LogP contribution >= 0.6 is 0 Å². The second-order valence-electron chi connectivity index (χ2n) is 13.9. The van der Waals surface area contributed by atoms with Gasteiger partial charge in [-0.25, -0.2) is 8.78 Å². The summed E-state index contributed by atoms with van der Waals surface area (Å²) in [6.45, 7) is 15.4. The second-order valence-corrected chi connectivity index (χ2v) is 13.9. The Kier molecular flexibility index (Phi) is 8.76. The van der Waals surface area contributed by atoms with Crippen LogP contribution in [0.1, 0.15) is 90.3 Å². The van der Waals surface area contributed by atoms with Gasteiger partial charge in [0, 0.05) is 53.0 Å². The Morgan fingerprint density at radius 2 is 1.52 bits per heavy atom. The maximum atomic E-state index is 15.6. The molecule has 1 aliphatic carbocycles. The van der Waals surface area contributed by atoms with Crippen molar-refractivity contribution in [2.75, 3.05) is 18.0 Å². The Hall–Kier alpha value is -4.05. The average molecular weight is 618 g/mol. The van der Waals surface area contributed by atoms with E-state index in [1.165, 1.54) is 40.0 Å². The lowest BCUT2D eigenvalue weighted by Crippen LogP contribution is -2.28. The van der Waals surface area contributed by atoms with E-state index in [0.717, 1.165) is 61.9 Å². The monoisotopic (exact) mass is 617 g/mol. The van der Waals surface area contributed by atoms with E-state index in [4.69, 9.17) is 0 Å². The van der Waals surface area contributed by atoms with Gasteiger partial charge in [0.1, 0.15) is 6.54 Å². The minimum atomic E-state index is -0.811. The zero-order valence-electron chi connectivity index (χ0n) is 28.3. The zero-order chi connectivity index (χ0) is 32.6. The van der Waals surface area contributed by atoms with Crippen molar-refractivity contribution in [3.63, 3.8) is 0 Å². The first-order chi connectivity index (χ1) is 22.1. The Morgan fingerprint density at radius 3 is 2.28 bits per heavy atom. The van der Waals surface area contributed by atoms with E-state index in [1.807, 2.05) is 0 Å². The van der Waals surface area contributed by atoms with Crippen molar-refractivity contribution < 1.29 is 13.4 Å². The van der Waals surface area contributed by atoms with Crippen LogP contribution in [-0.4, -0.2) is 23.4 Å². The summed E-state index contributed by atoms with van der Waals surface area (Å²) in [5.41, 5.74) is 10.6. The summed E-state index contributed by atoms with van der Waals surface area (Å²) < 4.78 is 32.8. The van der Waals surface area contributed by atoms with Gasteiger partial charge in [-0.15, -0.1) is 0 Å². The highest BCUT2D eigenvalue weighted by Crippen LogP contribution is 2.48. The van der Waals surface area contributed by atoms with Gasteiger partial charge in [-0.1, -0.05) is 88.4 Å². The quantitative estimate of drug-likeness (QED) is 0.228. The number of halogens is 2. The van der Waals surface area contributed by atoms with Crippen LogP contribution in [0.5, 0.6) is 0 Å². The van der Waals surface area contributed by atoms with Gasteiger partial charge >= 0.3 is 0 Å². The third-order valence-corrected chi connectivity index (χ3v) is 10.1. The van der Waals surface area contributed by atoms with Crippen LogP contribution in [0.4, 0.5) is 20.2 Å². The summed E-state index contributed by atoms with van der Waals surface area (Å²) in [5.74, 6) is -1.59. The number of hydrogen-bond donors (Lipinski definition) is 0. The fourth-order valence-electron chi connectivity index (χ4n) is 7.87. The third kappa shape index (κ3) is 5.40. The van der Waals surface area contributed by atoms with Crippen LogP contribution in [0, 0.1) is 11.6 Å². The number of para-hydroxylation sites is 2. The third-order valence-electron chi connectivity index (χ3n) is 10.1. The molecule has 0 bridgehead atoms. The summed E-state index contributed by atoms with van der Waals surface area (Å²) in [4.78, 5) is 2.43. The summed E-state index contributed by atoms with van der Waals surface area (Å²) in [7, 11) is 0. The molecule has 6 rings (SSSR count). The van der Waals surface area contributed by atoms with E-state index < -0.39 is 11.6 Å². The second kappa shape index (κ2) is 12.6. The molecule has 3 aromatic carbocycles. The molecular weight excluding hydrogens is 570 g/mol. The number of rotatable bonds is 8. The van der Waals surface area contributed by atoms with Gasteiger partial charge in [-0.3, -0.25) is 0 Å². The lowest BCUT2D eigenvalue weighted by molar-refractivity contribution is -0.437. The Labute approximate surface area is 274 Å². The number of hydrogen-bond acceptors (Lipinski definition) is 1. The Morgan fingerprint density at radius 1 is 0.783 bits per heavy atom. The predicted octanol–water partition coefficient (Wildman–Crippen LogP) is 11.0. The molecule has 0 spiro atoms. The van der Waals surface area contributed by atoms with Gasteiger partial charge < -0.3 is 4.90 Å². The summed E-state index contributed by atoms with van der Waals surface area (Å²) in [5, 5.41) is 0. The molecule has 0 fully saturated rings. The van der Waals surface area contributed by atoms with Crippen molar-refractivity contribution in [3.05, 3.63) is 136 Å². The van der Waals surface area contributed by atoms with Gasteiger partial charge in [0.2, 0.25) is 5.69 Å². The minimum absolute atomic E-state index is 0.170. The topological polar surface area (TPSA) is 6.25 Å². The lowest BCUT2D eigenvalue weighted by Gasteiger charge is -2.27. The van der Waals surface area contributed by atoms with E-state index in [9.17, 15) is 4.39 Å². The zero-order valence-corrected chi connectivity index (χ0v) is 28.3. The van der Waals surface area contributed by atoms with Crippen LogP contribution in [0.2, 0.25) is 0 Å². The van der Waals surface area contributed by atoms with Crippen LogP contribution in [0.3, 0.4) is 0 Å². The minimum Gasteiger partial charge on any atom is -0.344 e. The molecule has 0 saturated heterocycles. The van der Waals surface area contributed by atoms with Crippen molar-refractivity contribution in [1.29, 1.82) is 0 Å². The number of nitrogens with zero attached hydrogens (tertiary/aromatic N) is 2. The first-order valence-electron chi connectivity index (χ1n) is 17.0. The highest BCUT2D eigenvalue weighted by Gasteiger charge is 2.44. The van der Waals surface area contributed by atoms with Gasteiger partial charge in [-0.05, 0) is 80.0 Å². The first-order valence-corrected chi connectivity index (χ1v) is 17.0. The fourth-order valence-corrected chi connectivity index (χ4v) is 7.87. The average Bonchev–Trinajstić information content (AvgIpc) is 3.39. The first kappa shape index (κ1) is 31.9. The number of fused-ring (bicyclic) bond motifs is 2. The van der Waals surface area contributed by atoms with Crippen LogP contribution in [0.25, 0.3) is 5.57 Å². The van der Waals surface area contributed by atoms with Gasteiger partial charge in [0.15, 0.2) is 17.3 Å². The van der Waals surface area contributed by atoms with Crippen molar-refractivity contribution >= 4 is 22.7 Å². The van der Waals surface area contributed by atoms with Crippen molar-refractivity contribution in [2.24, 2.45) is 0 Å². The van der Waals surface area contributed by atoms with E-state index in [1.54, 1.807) is 12.1 Å². The van der Waals surface area contributed by atoms with Crippen molar-refractivity contribution in [2.45, 2.75) is 84.5 Å². The molecule has 2 nitrogen and oxygen atoms in total. The maximum Gasteiger partial charge on any atom is 0.209 e. The molecule has 4 heteroatoms. The van der Waals surface area contributed by atoms with Crippen molar-refractivity contribution in [3.8, 4) is 0 Å². The summed E-state index contributed by atoms with van der Waals surface area (Å²) >= 11 is 0. The maximum absolute atomic E-state index is 15.6. The normalized spacial score (nSPS) is 20.4. The molecule has 3 aromatic rings. The SMILES string of the molecule is CCCN1C(=CC=C2CCCC(C=CC3=[N+](CCC)c4ccccc4C3(C)C)=C2c2cccc(F)c2F)C(C)(C)c2ccccc21. The molecule has 0 saturated carbocycles. The smallest absolute Gasteiger partial charge is 0.209 e. The van der Waals surface area contributed by atoms with Crippen LogP contribution in [0.15, 0.2) is 108 Å². The van der Waals surface area contributed by atoms with E-state index in [0.29, 0.717) is 5.56 Å². The molecule has 0 unspecified atom stereocenters. The van der Waals surface area contributed by atoms with Crippen molar-refractivity contribution in [1.82, 2.24) is 0 Å². The highest BCUT2D eigenvalue weighted by atomic mass is 19.2. The van der Waals surface area contributed by atoms with E-state index in [2.05, 4.69) is 124 Å². The molecule has 0 amide bonds. The van der Waals surface area contributed by atoms with E-state index >= 15 is 4.39 Å².